The van der Waals surface area contributed by atoms with Crippen LogP contribution in [-0.2, 0) is 0 Å². The van der Waals surface area contributed by atoms with E-state index >= 15 is 0 Å². The van der Waals surface area contributed by atoms with E-state index in [0.717, 1.165) is 16.5 Å². The molecule has 1 heterocycles. The largest absolute Gasteiger partial charge is 0.287 e. The van der Waals surface area contributed by atoms with Crippen LogP contribution in [0.1, 0.15) is 22.8 Å². The second kappa shape index (κ2) is 4.64. The van der Waals surface area contributed by atoms with E-state index in [0.29, 0.717) is 0 Å². The van der Waals surface area contributed by atoms with Gasteiger partial charge in [-0.25, -0.2) is 0 Å². The van der Waals surface area contributed by atoms with Crippen LogP contribution < -0.4 is 0 Å². The summed E-state index contributed by atoms with van der Waals surface area (Å²) >= 11 is 0. The van der Waals surface area contributed by atoms with Crippen molar-refractivity contribution in [3.05, 3.63) is 59.8 Å². The summed E-state index contributed by atoms with van der Waals surface area (Å²) in [6.07, 6.45) is 1.95. The first-order valence-corrected chi connectivity index (χ1v) is 6.76. The lowest BCUT2D eigenvalue weighted by Gasteiger charge is -2.06. The molecule has 0 N–H and O–H groups in total. The Morgan fingerprint density at radius 3 is 2.50 bits per heavy atom. The molecule has 0 bridgehead atoms. The number of aromatic nitrogens is 1. The van der Waals surface area contributed by atoms with Gasteiger partial charge in [-0.15, -0.1) is 0 Å². The second-order valence-corrected chi connectivity index (χ2v) is 5.27. The maximum atomic E-state index is 11.8. The Hall–Kier alpha value is -2.35. The molecule has 0 aliphatic carbocycles. The molecule has 0 saturated carbocycles. The van der Waals surface area contributed by atoms with Gasteiger partial charge in [0.1, 0.15) is 0 Å². The molecule has 0 atom stereocenters. The Balaban J connectivity index is 2.37. The zero-order chi connectivity index (χ0) is 14.3. The molecular formula is C18H17NO. The summed E-state index contributed by atoms with van der Waals surface area (Å²) in [4.78, 5) is 11.8. The predicted octanol–water partition coefficient (Wildman–Crippen LogP) is 4.59. The molecule has 2 heteroatoms. The van der Waals surface area contributed by atoms with Crippen LogP contribution in [0.2, 0.25) is 0 Å². The molecule has 3 aromatic rings. The Morgan fingerprint density at radius 1 is 1.00 bits per heavy atom. The van der Waals surface area contributed by atoms with Gasteiger partial charge in [0, 0.05) is 24.1 Å². The average Bonchev–Trinajstić information content (AvgIpc) is 2.81. The van der Waals surface area contributed by atoms with Crippen LogP contribution >= 0.6 is 0 Å². The van der Waals surface area contributed by atoms with Gasteiger partial charge in [0.25, 0.3) is 0 Å². The summed E-state index contributed by atoms with van der Waals surface area (Å²) in [5.41, 5.74) is 5.74. The zero-order valence-electron chi connectivity index (χ0n) is 12.0. The fourth-order valence-corrected chi connectivity index (χ4v) is 2.68. The Kier molecular flexibility index (Phi) is 2.94. The lowest BCUT2D eigenvalue weighted by atomic mass is 9.98. The normalized spacial score (nSPS) is 10.9. The molecule has 3 rings (SSSR count). The predicted molar refractivity (Wildman–Crippen MR) is 83.1 cm³/mol. The average molecular weight is 263 g/mol. The molecule has 2 nitrogen and oxygen atoms in total. The maximum Gasteiger partial charge on any atom is 0.227 e. The number of rotatable bonds is 1. The van der Waals surface area contributed by atoms with Gasteiger partial charge in [0.05, 0.1) is 5.52 Å². The fourth-order valence-electron chi connectivity index (χ4n) is 2.68. The Labute approximate surface area is 118 Å². The van der Waals surface area contributed by atoms with Crippen molar-refractivity contribution in [1.29, 1.82) is 0 Å². The van der Waals surface area contributed by atoms with Crippen LogP contribution in [-0.4, -0.2) is 10.5 Å². The van der Waals surface area contributed by atoms with Crippen molar-refractivity contribution in [3.63, 3.8) is 0 Å². The van der Waals surface area contributed by atoms with E-state index in [1.54, 1.807) is 11.5 Å². The molecule has 0 unspecified atom stereocenters. The standard InChI is InChI=1S/C18H17NO/c1-12-8-9-13(2)16(10-12)17-11-19(14(3)20)18-7-5-4-6-15(17)18/h4-11H,1-3H3. The van der Waals surface area contributed by atoms with Gasteiger partial charge in [0.15, 0.2) is 0 Å². The first kappa shape index (κ1) is 12.7. The van der Waals surface area contributed by atoms with Gasteiger partial charge in [-0.05, 0) is 31.0 Å². The third-order valence-electron chi connectivity index (χ3n) is 3.73. The smallest absolute Gasteiger partial charge is 0.227 e. The van der Waals surface area contributed by atoms with E-state index < -0.39 is 0 Å². The summed E-state index contributed by atoms with van der Waals surface area (Å²) in [6.45, 7) is 5.79. The van der Waals surface area contributed by atoms with Gasteiger partial charge in [0.2, 0.25) is 5.91 Å². The number of fused-ring (bicyclic) bond motifs is 1. The van der Waals surface area contributed by atoms with Crippen LogP contribution in [0.15, 0.2) is 48.7 Å². The third kappa shape index (κ3) is 1.94. The molecule has 20 heavy (non-hydrogen) atoms. The molecule has 0 amide bonds. The zero-order valence-corrected chi connectivity index (χ0v) is 12.0. The number of para-hydroxylation sites is 1. The van der Waals surface area contributed by atoms with E-state index in [4.69, 9.17) is 0 Å². The number of hydrogen-bond acceptors (Lipinski definition) is 1. The van der Waals surface area contributed by atoms with Gasteiger partial charge in [-0.2, -0.15) is 0 Å². The number of carbonyl (C=O) groups excluding carboxylic acids is 1. The highest BCUT2D eigenvalue weighted by molar-refractivity contribution is 6.01. The lowest BCUT2D eigenvalue weighted by Crippen LogP contribution is -2.02. The maximum absolute atomic E-state index is 11.8. The van der Waals surface area contributed by atoms with Crippen molar-refractivity contribution >= 4 is 16.8 Å². The number of hydrogen-bond donors (Lipinski definition) is 0. The number of aryl methyl sites for hydroxylation is 2. The minimum absolute atomic E-state index is 0.0396. The van der Waals surface area contributed by atoms with Crippen molar-refractivity contribution in [2.45, 2.75) is 20.8 Å². The lowest BCUT2D eigenvalue weighted by molar-refractivity contribution is 0.0942. The molecule has 0 radical (unpaired) electrons. The topological polar surface area (TPSA) is 22.0 Å². The van der Waals surface area contributed by atoms with E-state index in [1.165, 1.54) is 16.7 Å². The van der Waals surface area contributed by atoms with E-state index in [2.05, 4.69) is 38.1 Å². The number of nitrogens with zero attached hydrogens (tertiary/aromatic N) is 1. The molecule has 0 aliphatic rings. The summed E-state index contributed by atoms with van der Waals surface area (Å²) in [5.74, 6) is 0.0396. The molecule has 1 aromatic heterocycles. The molecule has 0 spiro atoms. The van der Waals surface area contributed by atoms with Crippen molar-refractivity contribution in [2.75, 3.05) is 0 Å². The van der Waals surface area contributed by atoms with Gasteiger partial charge in [-0.1, -0.05) is 42.0 Å². The van der Waals surface area contributed by atoms with E-state index in [-0.39, 0.29) is 5.91 Å². The van der Waals surface area contributed by atoms with Crippen LogP contribution in [0, 0.1) is 13.8 Å². The minimum Gasteiger partial charge on any atom is -0.287 e. The fraction of sp³-hybridized carbons (Fsp3) is 0.167. The Bertz CT molecular complexity index is 811. The Morgan fingerprint density at radius 2 is 1.75 bits per heavy atom. The highest BCUT2D eigenvalue weighted by Gasteiger charge is 2.13. The van der Waals surface area contributed by atoms with Crippen molar-refractivity contribution in [3.8, 4) is 11.1 Å². The monoisotopic (exact) mass is 263 g/mol. The number of benzene rings is 2. The molecule has 2 aromatic carbocycles. The molecular weight excluding hydrogens is 246 g/mol. The summed E-state index contributed by atoms with van der Waals surface area (Å²) in [5, 5.41) is 1.12. The van der Waals surface area contributed by atoms with Crippen molar-refractivity contribution in [2.24, 2.45) is 0 Å². The molecule has 100 valence electrons. The first-order chi connectivity index (χ1) is 9.58. The van der Waals surface area contributed by atoms with Crippen LogP contribution in [0.25, 0.3) is 22.0 Å². The van der Waals surface area contributed by atoms with Gasteiger partial charge >= 0.3 is 0 Å². The third-order valence-corrected chi connectivity index (χ3v) is 3.73. The van der Waals surface area contributed by atoms with Crippen LogP contribution in [0.4, 0.5) is 0 Å². The summed E-state index contributed by atoms with van der Waals surface area (Å²) in [6, 6.07) is 14.5. The first-order valence-electron chi connectivity index (χ1n) is 6.76. The number of carbonyl (C=O) groups is 1. The SMILES string of the molecule is CC(=O)n1cc(-c2cc(C)ccc2C)c2ccccc21. The van der Waals surface area contributed by atoms with Crippen LogP contribution in [0.3, 0.4) is 0 Å². The second-order valence-electron chi connectivity index (χ2n) is 5.27. The molecule has 0 aliphatic heterocycles. The quantitative estimate of drug-likeness (QED) is 0.629. The van der Waals surface area contributed by atoms with Crippen LogP contribution in [0.5, 0.6) is 0 Å². The molecule has 0 fully saturated rings. The van der Waals surface area contributed by atoms with Gasteiger partial charge < -0.3 is 0 Å². The summed E-state index contributed by atoms with van der Waals surface area (Å²) in [7, 11) is 0. The van der Waals surface area contributed by atoms with E-state index in [9.17, 15) is 4.79 Å². The van der Waals surface area contributed by atoms with E-state index in [1.807, 2.05) is 24.4 Å². The van der Waals surface area contributed by atoms with Gasteiger partial charge in [-0.3, -0.25) is 9.36 Å². The highest BCUT2D eigenvalue weighted by Crippen LogP contribution is 2.33. The molecule has 0 saturated heterocycles. The summed E-state index contributed by atoms with van der Waals surface area (Å²) < 4.78 is 1.73. The van der Waals surface area contributed by atoms with Crippen molar-refractivity contribution in [1.82, 2.24) is 4.57 Å². The minimum atomic E-state index is 0.0396. The highest BCUT2D eigenvalue weighted by atomic mass is 16.1. The van der Waals surface area contributed by atoms with Crippen molar-refractivity contribution < 1.29 is 4.79 Å².